The Labute approximate surface area is 137 Å². The van der Waals surface area contributed by atoms with Gasteiger partial charge >= 0.3 is 0 Å². The summed E-state index contributed by atoms with van der Waals surface area (Å²) in [7, 11) is -3.88. The minimum Gasteiger partial charge on any atom is -0.376 e. The van der Waals surface area contributed by atoms with Gasteiger partial charge in [0.15, 0.2) is 0 Å². The van der Waals surface area contributed by atoms with Gasteiger partial charge < -0.3 is 9.47 Å². The SMILES string of the molecule is Cc1cccc(S(=O)(=O)NC(=O)[C@@H](C)OC[C@@H]2CCCCO2)c1. The lowest BCUT2D eigenvalue weighted by molar-refractivity contribution is -0.133. The number of carbonyl (C=O) groups is 1. The van der Waals surface area contributed by atoms with Crippen molar-refractivity contribution in [3.63, 3.8) is 0 Å². The van der Waals surface area contributed by atoms with Crippen molar-refractivity contribution < 1.29 is 22.7 Å². The topological polar surface area (TPSA) is 81.7 Å². The Morgan fingerprint density at radius 3 is 2.87 bits per heavy atom. The number of carbonyl (C=O) groups excluding carboxylic acids is 1. The van der Waals surface area contributed by atoms with E-state index in [-0.39, 0.29) is 11.0 Å². The normalized spacial score (nSPS) is 20.0. The van der Waals surface area contributed by atoms with Crippen molar-refractivity contribution in [1.82, 2.24) is 4.72 Å². The molecule has 1 aromatic carbocycles. The second kappa shape index (κ2) is 7.90. The molecule has 0 unspecified atom stereocenters. The molecule has 1 heterocycles. The summed E-state index contributed by atoms with van der Waals surface area (Å²) in [5.74, 6) is -0.678. The van der Waals surface area contributed by atoms with Crippen LogP contribution in [0.5, 0.6) is 0 Å². The molecule has 1 aromatic rings. The predicted molar refractivity (Wildman–Crippen MR) is 85.5 cm³/mol. The molecule has 2 rings (SSSR count). The summed E-state index contributed by atoms with van der Waals surface area (Å²) in [6.07, 6.45) is 2.14. The van der Waals surface area contributed by atoms with Gasteiger partial charge in [-0.25, -0.2) is 13.1 Å². The van der Waals surface area contributed by atoms with E-state index in [1.807, 2.05) is 0 Å². The lowest BCUT2D eigenvalue weighted by Gasteiger charge is -2.23. The lowest BCUT2D eigenvalue weighted by atomic mass is 10.1. The maximum absolute atomic E-state index is 12.2. The Hall–Kier alpha value is -1.44. The fraction of sp³-hybridized carbons (Fsp3) is 0.562. The summed E-state index contributed by atoms with van der Waals surface area (Å²) in [6, 6.07) is 6.38. The molecule has 0 spiro atoms. The Morgan fingerprint density at radius 1 is 1.43 bits per heavy atom. The third-order valence-corrected chi connectivity index (χ3v) is 5.05. The van der Waals surface area contributed by atoms with E-state index in [0.717, 1.165) is 24.8 Å². The number of sulfonamides is 1. The lowest BCUT2D eigenvalue weighted by Crippen LogP contribution is -2.40. The van der Waals surface area contributed by atoms with Gasteiger partial charge in [0.1, 0.15) is 6.10 Å². The summed E-state index contributed by atoms with van der Waals surface area (Å²) < 4.78 is 37.4. The van der Waals surface area contributed by atoms with Crippen molar-refractivity contribution in [2.24, 2.45) is 0 Å². The minimum absolute atomic E-state index is 0.0209. The summed E-state index contributed by atoms with van der Waals surface area (Å²) in [6.45, 7) is 4.32. The van der Waals surface area contributed by atoms with E-state index in [1.54, 1.807) is 19.1 Å². The van der Waals surface area contributed by atoms with Crippen molar-refractivity contribution in [2.45, 2.75) is 50.2 Å². The third-order valence-electron chi connectivity index (χ3n) is 3.71. The van der Waals surface area contributed by atoms with Gasteiger partial charge in [-0.3, -0.25) is 4.79 Å². The van der Waals surface area contributed by atoms with Crippen LogP contribution in [0.4, 0.5) is 0 Å². The molecule has 1 aliphatic heterocycles. The largest absolute Gasteiger partial charge is 0.376 e. The molecule has 0 aliphatic carbocycles. The van der Waals surface area contributed by atoms with Gasteiger partial charge in [-0.1, -0.05) is 12.1 Å². The molecule has 0 aromatic heterocycles. The zero-order valence-electron chi connectivity index (χ0n) is 13.4. The number of ether oxygens (including phenoxy) is 2. The van der Waals surface area contributed by atoms with Gasteiger partial charge in [-0.2, -0.15) is 0 Å². The number of rotatable bonds is 6. The van der Waals surface area contributed by atoms with Crippen molar-refractivity contribution >= 4 is 15.9 Å². The Kier molecular flexibility index (Phi) is 6.15. The van der Waals surface area contributed by atoms with Crippen molar-refractivity contribution in [3.05, 3.63) is 29.8 Å². The highest BCUT2D eigenvalue weighted by Crippen LogP contribution is 2.14. The first-order valence-corrected chi connectivity index (χ1v) is 9.23. The molecule has 1 fully saturated rings. The van der Waals surface area contributed by atoms with Gasteiger partial charge in [-0.15, -0.1) is 0 Å². The molecule has 128 valence electrons. The molecule has 2 atom stereocenters. The first-order valence-electron chi connectivity index (χ1n) is 7.75. The number of hydrogen-bond donors (Lipinski definition) is 1. The van der Waals surface area contributed by atoms with E-state index in [4.69, 9.17) is 9.47 Å². The third kappa shape index (κ3) is 5.30. The van der Waals surface area contributed by atoms with E-state index in [0.29, 0.717) is 13.2 Å². The van der Waals surface area contributed by atoms with Gasteiger partial charge in [-0.05, 0) is 50.8 Å². The molecule has 0 radical (unpaired) electrons. The quantitative estimate of drug-likeness (QED) is 0.853. The van der Waals surface area contributed by atoms with Crippen LogP contribution in [0.15, 0.2) is 29.2 Å². The second-order valence-electron chi connectivity index (χ2n) is 5.75. The van der Waals surface area contributed by atoms with E-state index >= 15 is 0 Å². The Balaban J connectivity index is 1.89. The fourth-order valence-corrected chi connectivity index (χ4v) is 3.47. The van der Waals surface area contributed by atoms with Gasteiger partial charge in [0.2, 0.25) is 0 Å². The zero-order valence-corrected chi connectivity index (χ0v) is 14.3. The average Bonchev–Trinajstić information content (AvgIpc) is 2.53. The maximum atomic E-state index is 12.2. The molecule has 1 saturated heterocycles. The van der Waals surface area contributed by atoms with Crippen molar-refractivity contribution in [2.75, 3.05) is 13.2 Å². The van der Waals surface area contributed by atoms with Crippen LogP contribution in [0.3, 0.4) is 0 Å². The van der Waals surface area contributed by atoms with Crippen LogP contribution in [0.1, 0.15) is 31.7 Å². The van der Waals surface area contributed by atoms with Gasteiger partial charge in [0.25, 0.3) is 15.9 Å². The van der Waals surface area contributed by atoms with Crippen LogP contribution < -0.4 is 4.72 Å². The summed E-state index contributed by atoms with van der Waals surface area (Å²) in [5, 5.41) is 0. The number of amides is 1. The van der Waals surface area contributed by atoms with Crippen LogP contribution in [0, 0.1) is 6.92 Å². The Morgan fingerprint density at radius 2 is 2.22 bits per heavy atom. The number of benzene rings is 1. The number of nitrogens with one attached hydrogen (secondary N) is 1. The highest BCUT2D eigenvalue weighted by molar-refractivity contribution is 7.90. The van der Waals surface area contributed by atoms with E-state index in [9.17, 15) is 13.2 Å². The van der Waals surface area contributed by atoms with Gasteiger partial charge in [0.05, 0.1) is 17.6 Å². The van der Waals surface area contributed by atoms with E-state index < -0.39 is 22.0 Å². The molecular weight excluding hydrogens is 318 g/mol. The molecule has 1 amide bonds. The fourth-order valence-electron chi connectivity index (χ4n) is 2.32. The summed E-state index contributed by atoms with van der Waals surface area (Å²) in [4.78, 5) is 12.1. The molecular formula is C16H23NO5S. The highest BCUT2D eigenvalue weighted by Gasteiger charge is 2.23. The molecule has 7 heteroatoms. The summed E-state index contributed by atoms with van der Waals surface area (Å²) >= 11 is 0. The predicted octanol–water partition coefficient (Wildman–Crippen LogP) is 1.77. The highest BCUT2D eigenvalue weighted by atomic mass is 32.2. The van der Waals surface area contributed by atoms with Crippen LogP contribution in [0.25, 0.3) is 0 Å². The molecule has 1 aliphatic rings. The molecule has 23 heavy (non-hydrogen) atoms. The molecule has 0 saturated carbocycles. The van der Waals surface area contributed by atoms with Crippen LogP contribution in [0.2, 0.25) is 0 Å². The minimum atomic E-state index is -3.88. The van der Waals surface area contributed by atoms with E-state index in [1.165, 1.54) is 19.1 Å². The van der Waals surface area contributed by atoms with Crippen LogP contribution in [-0.2, 0) is 24.3 Å². The van der Waals surface area contributed by atoms with Crippen LogP contribution >= 0.6 is 0 Å². The summed E-state index contributed by atoms with van der Waals surface area (Å²) in [5.41, 5.74) is 0.805. The number of aryl methyl sites for hydroxylation is 1. The average molecular weight is 341 g/mol. The number of hydrogen-bond acceptors (Lipinski definition) is 5. The van der Waals surface area contributed by atoms with Gasteiger partial charge in [0, 0.05) is 6.61 Å². The Bertz CT molecular complexity index is 638. The maximum Gasteiger partial charge on any atom is 0.264 e. The van der Waals surface area contributed by atoms with Crippen LogP contribution in [-0.4, -0.2) is 39.7 Å². The smallest absolute Gasteiger partial charge is 0.264 e. The zero-order chi connectivity index (χ0) is 16.9. The van der Waals surface area contributed by atoms with Crippen molar-refractivity contribution in [1.29, 1.82) is 0 Å². The first-order chi connectivity index (χ1) is 10.9. The monoisotopic (exact) mass is 341 g/mol. The van der Waals surface area contributed by atoms with E-state index in [2.05, 4.69) is 4.72 Å². The molecule has 6 nitrogen and oxygen atoms in total. The van der Waals surface area contributed by atoms with Crippen molar-refractivity contribution in [3.8, 4) is 0 Å². The second-order valence-corrected chi connectivity index (χ2v) is 7.43. The first kappa shape index (κ1) is 17.9. The molecule has 1 N–H and O–H groups in total. The standard InChI is InChI=1S/C16H23NO5S/c1-12-6-5-8-15(10-12)23(19,20)17-16(18)13(2)22-11-14-7-3-4-9-21-14/h5-6,8,10,13-14H,3-4,7,9,11H2,1-2H3,(H,17,18)/t13-,14+/m1/s1. The molecule has 0 bridgehead atoms.